The first kappa shape index (κ1) is 21.6. The van der Waals surface area contributed by atoms with Crippen molar-refractivity contribution >= 4 is 0 Å². The van der Waals surface area contributed by atoms with Crippen LogP contribution in [0.5, 0.6) is 0 Å². The Labute approximate surface area is 165 Å². The molecule has 7 heteroatoms. The van der Waals surface area contributed by atoms with Crippen LogP contribution in [0.15, 0.2) is 12.1 Å². The van der Waals surface area contributed by atoms with E-state index in [2.05, 4.69) is 23.6 Å². The highest BCUT2D eigenvalue weighted by Gasteiger charge is 2.34. The minimum absolute atomic E-state index is 0.0526. The zero-order valence-corrected chi connectivity index (χ0v) is 16.9. The van der Waals surface area contributed by atoms with Crippen molar-refractivity contribution in [2.24, 2.45) is 0 Å². The van der Waals surface area contributed by atoms with Gasteiger partial charge in [0.05, 0.1) is 0 Å². The molecule has 0 amide bonds. The number of halogens is 3. The minimum Gasteiger partial charge on any atom is -0.396 e. The molecule has 0 aromatic heterocycles. The highest BCUT2D eigenvalue weighted by atomic mass is 19.2. The molecule has 1 atom stereocenters. The molecule has 2 aliphatic rings. The van der Waals surface area contributed by atoms with Gasteiger partial charge in [-0.1, -0.05) is 0 Å². The number of aliphatic hydroxyl groups excluding tert-OH is 1. The summed E-state index contributed by atoms with van der Waals surface area (Å²) in [6, 6.07) is 2.99. The molecule has 2 fully saturated rings. The maximum Gasteiger partial charge on any atom is 0.166 e. The lowest BCUT2D eigenvalue weighted by atomic mass is 9.97. The molecule has 1 aromatic rings. The summed E-state index contributed by atoms with van der Waals surface area (Å²) in [6.07, 6.45) is 2.84. The number of piperidine rings is 1. The van der Waals surface area contributed by atoms with E-state index in [1.165, 1.54) is 0 Å². The predicted octanol–water partition coefficient (Wildman–Crippen LogP) is 2.85. The van der Waals surface area contributed by atoms with Crippen molar-refractivity contribution in [3.05, 3.63) is 35.1 Å². The van der Waals surface area contributed by atoms with Crippen molar-refractivity contribution in [2.75, 3.05) is 39.3 Å². The van der Waals surface area contributed by atoms with Crippen LogP contribution in [-0.4, -0.2) is 77.3 Å². The Morgan fingerprint density at radius 1 is 1.04 bits per heavy atom. The summed E-state index contributed by atoms with van der Waals surface area (Å²) in [5.74, 6) is -2.82. The second-order valence-electron chi connectivity index (χ2n) is 8.32. The Morgan fingerprint density at radius 3 is 2.36 bits per heavy atom. The van der Waals surface area contributed by atoms with Crippen LogP contribution < -0.4 is 0 Å². The highest BCUT2D eigenvalue weighted by molar-refractivity contribution is 5.21. The summed E-state index contributed by atoms with van der Waals surface area (Å²) in [5.41, 5.74) is -0.207. The van der Waals surface area contributed by atoms with Gasteiger partial charge in [-0.3, -0.25) is 9.80 Å². The zero-order valence-electron chi connectivity index (χ0n) is 16.9. The van der Waals surface area contributed by atoms with Crippen LogP contribution in [0.3, 0.4) is 0 Å². The van der Waals surface area contributed by atoms with Crippen LogP contribution in [-0.2, 0) is 6.54 Å². The average molecular weight is 400 g/mol. The summed E-state index contributed by atoms with van der Waals surface area (Å²) in [5, 5.41) is 9.53. The minimum atomic E-state index is -1.10. The van der Waals surface area contributed by atoms with Crippen LogP contribution in [0, 0.1) is 17.5 Å². The van der Waals surface area contributed by atoms with Gasteiger partial charge in [0.2, 0.25) is 0 Å². The molecule has 3 rings (SSSR count). The molecular formula is C21H32F3N3O. The molecular weight excluding hydrogens is 367 g/mol. The number of hydrogen-bond acceptors (Lipinski definition) is 4. The molecule has 0 unspecified atom stereocenters. The normalized spacial score (nSPS) is 23.6. The van der Waals surface area contributed by atoms with E-state index in [-0.39, 0.29) is 24.8 Å². The number of aliphatic hydroxyl groups is 1. The molecule has 1 N–H and O–H groups in total. The number of piperazine rings is 1. The Hall–Kier alpha value is -1.15. The van der Waals surface area contributed by atoms with E-state index in [9.17, 15) is 18.3 Å². The van der Waals surface area contributed by atoms with Gasteiger partial charge in [0.1, 0.15) is 5.82 Å². The monoisotopic (exact) mass is 399 g/mol. The third-order valence-electron chi connectivity index (χ3n) is 6.29. The van der Waals surface area contributed by atoms with E-state index in [4.69, 9.17) is 0 Å². The van der Waals surface area contributed by atoms with Crippen molar-refractivity contribution in [3.63, 3.8) is 0 Å². The summed E-state index contributed by atoms with van der Waals surface area (Å²) in [6.45, 7) is 8.84. The number of rotatable bonds is 6. The second-order valence-corrected chi connectivity index (χ2v) is 8.32. The fraction of sp³-hybridized carbons (Fsp3) is 0.714. The van der Waals surface area contributed by atoms with Crippen LogP contribution in [0.25, 0.3) is 0 Å². The molecule has 0 spiro atoms. The molecule has 0 saturated carbocycles. The van der Waals surface area contributed by atoms with Crippen molar-refractivity contribution in [3.8, 4) is 0 Å². The fourth-order valence-electron chi connectivity index (χ4n) is 4.64. The van der Waals surface area contributed by atoms with E-state index < -0.39 is 17.5 Å². The van der Waals surface area contributed by atoms with Crippen LogP contribution >= 0.6 is 0 Å². The molecule has 0 radical (unpaired) electrons. The number of nitrogens with zero attached hydrogens (tertiary/aromatic N) is 3. The molecule has 2 heterocycles. The fourth-order valence-corrected chi connectivity index (χ4v) is 4.64. The third kappa shape index (κ3) is 4.87. The predicted molar refractivity (Wildman–Crippen MR) is 104 cm³/mol. The van der Waals surface area contributed by atoms with E-state index >= 15 is 0 Å². The number of benzene rings is 1. The van der Waals surface area contributed by atoms with Crippen molar-refractivity contribution in [1.29, 1.82) is 0 Å². The molecule has 28 heavy (non-hydrogen) atoms. The van der Waals surface area contributed by atoms with E-state index in [0.29, 0.717) is 31.6 Å². The van der Waals surface area contributed by atoms with Gasteiger partial charge in [0, 0.05) is 56.5 Å². The lowest BCUT2D eigenvalue weighted by Crippen LogP contribution is -2.58. The topological polar surface area (TPSA) is 30.0 Å². The maximum atomic E-state index is 14.0. The summed E-state index contributed by atoms with van der Waals surface area (Å²) >= 11 is 0. The lowest BCUT2D eigenvalue weighted by molar-refractivity contribution is -0.000609. The van der Waals surface area contributed by atoms with Crippen molar-refractivity contribution < 1.29 is 18.3 Å². The first-order chi connectivity index (χ1) is 13.4. The standard InChI is InChI=1S/C21H32F3N3O/c1-15(2)26-8-5-16(6-9-26)27-11-10-25(13-17(27)7-12-28)14-18-19(22)3-4-20(23)21(18)24/h3-4,15-17,28H,5-14H2,1-2H3/t17-/m0/s1. The maximum absolute atomic E-state index is 14.0. The molecule has 2 aliphatic heterocycles. The lowest BCUT2D eigenvalue weighted by Gasteiger charge is -2.48. The van der Waals surface area contributed by atoms with Gasteiger partial charge in [-0.25, -0.2) is 13.2 Å². The third-order valence-corrected chi connectivity index (χ3v) is 6.29. The second kappa shape index (κ2) is 9.57. The van der Waals surface area contributed by atoms with Gasteiger partial charge in [0.15, 0.2) is 11.6 Å². The van der Waals surface area contributed by atoms with Gasteiger partial charge >= 0.3 is 0 Å². The number of likely N-dealkylation sites (tertiary alicyclic amines) is 1. The zero-order chi connectivity index (χ0) is 20.3. The molecule has 1 aromatic carbocycles. The molecule has 158 valence electrons. The van der Waals surface area contributed by atoms with Gasteiger partial charge in [-0.2, -0.15) is 0 Å². The first-order valence-corrected chi connectivity index (χ1v) is 10.4. The van der Waals surface area contributed by atoms with E-state index in [0.717, 1.165) is 44.6 Å². The SMILES string of the molecule is CC(C)N1CCC(N2CCN(Cc3c(F)ccc(F)c3F)C[C@@H]2CCO)CC1. The quantitative estimate of drug-likeness (QED) is 0.745. The van der Waals surface area contributed by atoms with Gasteiger partial charge in [0.25, 0.3) is 0 Å². The molecule has 0 aliphatic carbocycles. The first-order valence-electron chi connectivity index (χ1n) is 10.4. The van der Waals surface area contributed by atoms with Crippen LogP contribution in [0.4, 0.5) is 13.2 Å². The van der Waals surface area contributed by atoms with Crippen LogP contribution in [0.1, 0.15) is 38.7 Å². The summed E-state index contributed by atoms with van der Waals surface area (Å²) in [7, 11) is 0. The van der Waals surface area contributed by atoms with Gasteiger partial charge < -0.3 is 10.0 Å². The summed E-state index contributed by atoms with van der Waals surface area (Å²) in [4.78, 5) is 6.94. The van der Waals surface area contributed by atoms with Gasteiger partial charge in [-0.15, -0.1) is 0 Å². The molecule has 0 bridgehead atoms. The molecule has 4 nitrogen and oxygen atoms in total. The number of hydrogen-bond donors (Lipinski definition) is 1. The van der Waals surface area contributed by atoms with Crippen molar-refractivity contribution in [1.82, 2.24) is 14.7 Å². The Bertz CT molecular complexity index is 650. The van der Waals surface area contributed by atoms with E-state index in [1.54, 1.807) is 0 Å². The summed E-state index contributed by atoms with van der Waals surface area (Å²) < 4.78 is 41.5. The Balaban J connectivity index is 1.64. The van der Waals surface area contributed by atoms with Crippen molar-refractivity contribution in [2.45, 2.75) is 57.8 Å². The largest absolute Gasteiger partial charge is 0.396 e. The van der Waals surface area contributed by atoms with Crippen LogP contribution in [0.2, 0.25) is 0 Å². The van der Waals surface area contributed by atoms with E-state index in [1.807, 2.05) is 4.90 Å². The average Bonchev–Trinajstić information content (AvgIpc) is 2.69. The Morgan fingerprint density at radius 2 is 1.71 bits per heavy atom. The smallest absolute Gasteiger partial charge is 0.166 e. The highest BCUT2D eigenvalue weighted by Crippen LogP contribution is 2.26. The van der Waals surface area contributed by atoms with Gasteiger partial charge in [-0.05, 0) is 58.3 Å². The Kier molecular flexibility index (Phi) is 7.36. The molecule has 2 saturated heterocycles.